The molecule has 0 radical (unpaired) electrons. The van der Waals surface area contributed by atoms with Gasteiger partial charge < -0.3 is 24.5 Å². The molecule has 0 amide bonds. The van der Waals surface area contributed by atoms with Crippen molar-refractivity contribution in [3.8, 4) is 0 Å². The molecule has 0 aliphatic carbocycles. The van der Waals surface area contributed by atoms with E-state index in [1.165, 1.54) is 238 Å². The average molecular weight is 892 g/mol. The number of carboxylic acids is 2. The Morgan fingerprint density at radius 2 is 0.459 bits per heavy atom. The Bertz CT molecular complexity index is 757. The van der Waals surface area contributed by atoms with Crippen molar-refractivity contribution in [3.05, 3.63) is 0 Å². The third-order valence-electron chi connectivity index (χ3n) is 11.7. The SMILES string of the molecule is CCCCCCCCCCCCCC(=O)OCCCCCCCCCCCC.CCCCCCCCCCCCCC(=O)[O-].CCCCCCCCCCCCCC(=O)[O-].[Ca+2]. The van der Waals surface area contributed by atoms with Gasteiger partial charge in [0.15, 0.2) is 0 Å². The van der Waals surface area contributed by atoms with Gasteiger partial charge in [-0.25, -0.2) is 0 Å². The monoisotopic (exact) mass is 891 g/mol. The quantitative estimate of drug-likeness (QED) is 0.0342. The van der Waals surface area contributed by atoms with E-state index in [0.717, 1.165) is 38.5 Å². The second-order valence-electron chi connectivity index (χ2n) is 18.0. The smallest absolute Gasteiger partial charge is 0.550 e. The third-order valence-corrected chi connectivity index (χ3v) is 11.7. The molecule has 6 nitrogen and oxygen atoms in total. The van der Waals surface area contributed by atoms with Crippen molar-refractivity contribution in [2.45, 2.75) is 323 Å². The molecule has 0 aromatic heterocycles. The van der Waals surface area contributed by atoms with Gasteiger partial charge >= 0.3 is 43.7 Å². The topological polar surface area (TPSA) is 107 Å². The van der Waals surface area contributed by atoms with Gasteiger partial charge in [0, 0.05) is 18.4 Å². The van der Waals surface area contributed by atoms with E-state index in [1.807, 2.05) is 0 Å². The first-order valence-corrected chi connectivity index (χ1v) is 26.9. The van der Waals surface area contributed by atoms with Crippen molar-refractivity contribution in [2.75, 3.05) is 6.61 Å². The van der Waals surface area contributed by atoms with Crippen LogP contribution in [0.25, 0.3) is 0 Å². The van der Waals surface area contributed by atoms with Crippen LogP contribution in [0.5, 0.6) is 0 Å². The van der Waals surface area contributed by atoms with Crippen molar-refractivity contribution in [3.63, 3.8) is 0 Å². The van der Waals surface area contributed by atoms with Crippen LogP contribution in [0.2, 0.25) is 0 Å². The summed E-state index contributed by atoms with van der Waals surface area (Å²) in [4.78, 5) is 32.0. The molecule has 0 saturated carbocycles. The number of carbonyl (C=O) groups excluding carboxylic acids is 3. The predicted octanol–water partition coefficient (Wildman–Crippen LogP) is 15.6. The molecule has 7 heteroatoms. The summed E-state index contributed by atoms with van der Waals surface area (Å²) < 4.78 is 5.37. The minimum absolute atomic E-state index is 0. The molecule has 0 bridgehead atoms. The molecule has 0 spiro atoms. The zero-order valence-corrected chi connectivity index (χ0v) is 44.1. The molecule has 360 valence electrons. The van der Waals surface area contributed by atoms with Gasteiger partial charge in [0.2, 0.25) is 0 Å². The first kappa shape index (κ1) is 67.3. The Hall–Kier alpha value is -0.330. The van der Waals surface area contributed by atoms with E-state index in [9.17, 15) is 24.6 Å². The molecule has 0 aliphatic rings. The summed E-state index contributed by atoms with van der Waals surface area (Å²) in [6.07, 6.45) is 56.4. The number of unbranched alkanes of at least 4 members (excludes halogenated alkanes) is 39. The van der Waals surface area contributed by atoms with E-state index in [4.69, 9.17) is 4.74 Å². The molecular formula is C54H106CaO6. The first-order valence-electron chi connectivity index (χ1n) is 26.9. The van der Waals surface area contributed by atoms with Gasteiger partial charge in [0.05, 0.1) is 6.61 Å². The van der Waals surface area contributed by atoms with Crippen LogP contribution in [-0.4, -0.2) is 62.3 Å². The molecule has 0 atom stereocenters. The fourth-order valence-electron chi connectivity index (χ4n) is 7.65. The minimum atomic E-state index is -0.907. The molecule has 0 heterocycles. The standard InChI is InChI=1S/C26H52O2.2C14H28O2.Ca/c1-3-5-7-9-11-13-15-16-18-20-22-24-26(27)28-25-23-21-19-17-14-12-10-8-6-4-2;2*1-2-3-4-5-6-7-8-9-10-11-12-13-14(15)16;/h3-25H2,1-2H3;2*2-13H2,1H3,(H,15,16);/q;;;+2/p-2. The van der Waals surface area contributed by atoms with Crippen LogP contribution >= 0.6 is 0 Å². The van der Waals surface area contributed by atoms with E-state index in [2.05, 4.69) is 27.7 Å². The number of carboxylic acid groups (broad SMARTS) is 2. The van der Waals surface area contributed by atoms with E-state index in [0.29, 0.717) is 13.0 Å². The normalized spacial score (nSPS) is 10.6. The third kappa shape index (κ3) is 74.3. The van der Waals surface area contributed by atoms with Crippen LogP contribution in [0.3, 0.4) is 0 Å². The van der Waals surface area contributed by atoms with Gasteiger partial charge in [0.25, 0.3) is 0 Å². The van der Waals surface area contributed by atoms with Crippen molar-refractivity contribution < 1.29 is 29.3 Å². The minimum Gasteiger partial charge on any atom is -0.550 e. The van der Waals surface area contributed by atoms with Crippen molar-refractivity contribution in [1.29, 1.82) is 0 Å². The second-order valence-corrected chi connectivity index (χ2v) is 18.0. The maximum atomic E-state index is 11.7. The van der Waals surface area contributed by atoms with Crippen molar-refractivity contribution >= 4 is 55.6 Å². The van der Waals surface area contributed by atoms with Crippen LogP contribution < -0.4 is 10.2 Å². The van der Waals surface area contributed by atoms with Gasteiger partial charge in [-0.2, -0.15) is 0 Å². The zero-order valence-electron chi connectivity index (χ0n) is 41.9. The van der Waals surface area contributed by atoms with Crippen LogP contribution in [0, 0.1) is 0 Å². The van der Waals surface area contributed by atoms with Crippen LogP contribution in [0.1, 0.15) is 323 Å². The van der Waals surface area contributed by atoms with Gasteiger partial charge in [-0.05, 0) is 38.5 Å². The Morgan fingerprint density at radius 1 is 0.279 bits per heavy atom. The Morgan fingerprint density at radius 3 is 0.672 bits per heavy atom. The summed E-state index contributed by atoms with van der Waals surface area (Å²) in [7, 11) is 0. The maximum absolute atomic E-state index is 11.7. The molecule has 0 rings (SSSR count). The van der Waals surface area contributed by atoms with Gasteiger partial charge in [-0.15, -0.1) is 0 Å². The number of esters is 1. The second kappa shape index (κ2) is 64.0. The van der Waals surface area contributed by atoms with E-state index in [-0.39, 0.29) is 56.5 Å². The molecule has 0 aromatic carbocycles. The van der Waals surface area contributed by atoms with Crippen LogP contribution in [-0.2, 0) is 19.1 Å². The predicted molar refractivity (Wildman–Crippen MR) is 262 cm³/mol. The largest absolute Gasteiger partial charge is 2.00 e. The molecule has 0 aliphatic heterocycles. The summed E-state index contributed by atoms with van der Waals surface area (Å²) in [5.41, 5.74) is 0. The van der Waals surface area contributed by atoms with E-state index < -0.39 is 11.9 Å². The van der Waals surface area contributed by atoms with Gasteiger partial charge in [-0.1, -0.05) is 278 Å². The maximum Gasteiger partial charge on any atom is 2.00 e. The van der Waals surface area contributed by atoms with Crippen molar-refractivity contribution in [2.24, 2.45) is 0 Å². The van der Waals surface area contributed by atoms with Crippen LogP contribution in [0.4, 0.5) is 0 Å². The van der Waals surface area contributed by atoms with E-state index >= 15 is 0 Å². The Labute approximate surface area is 411 Å². The average Bonchev–Trinajstić information content (AvgIpc) is 3.23. The van der Waals surface area contributed by atoms with Gasteiger partial charge in [0.1, 0.15) is 0 Å². The fraction of sp³-hybridized carbons (Fsp3) is 0.944. The fourth-order valence-corrected chi connectivity index (χ4v) is 7.65. The molecule has 0 N–H and O–H groups in total. The molecule has 0 aromatic rings. The number of hydrogen-bond donors (Lipinski definition) is 0. The van der Waals surface area contributed by atoms with E-state index in [1.54, 1.807) is 0 Å². The van der Waals surface area contributed by atoms with Crippen LogP contribution in [0.15, 0.2) is 0 Å². The summed E-state index contributed by atoms with van der Waals surface area (Å²) in [5.74, 6) is -1.79. The first-order chi connectivity index (χ1) is 29.3. The number of ether oxygens (including phenoxy) is 1. The molecule has 61 heavy (non-hydrogen) atoms. The molecule has 0 fully saturated rings. The van der Waals surface area contributed by atoms with Gasteiger partial charge in [-0.3, -0.25) is 4.79 Å². The summed E-state index contributed by atoms with van der Waals surface area (Å²) in [6.45, 7) is 9.66. The Kier molecular flexibility index (Phi) is 70.5. The molecule has 0 unspecified atom stereocenters. The summed E-state index contributed by atoms with van der Waals surface area (Å²) in [6, 6.07) is 0. The number of hydrogen-bond acceptors (Lipinski definition) is 6. The number of carbonyl (C=O) groups is 3. The number of aliphatic carboxylic acids is 2. The summed E-state index contributed by atoms with van der Waals surface area (Å²) in [5, 5.41) is 20.3. The Balaban J connectivity index is -0.000000423. The van der Waals surface area contributed by atoms with Crippen molar-refractivity contribution in [1.82, 2.24) is 0 Å². The zero-order chi connectivity index (χ0) is 44.7. The molecular weight excluding hydrogens is 785 g/mol. The number of rotatable bonds is 47. The summed E-state index contributed by atoms with van der Waals surface area (Å²) >= 11 is 0. The molecule has 0 saturated heterocycles.